The van der Waals surface area contributed by atoms with E-state index in [1.54, 1.807) is 0 Å². The molecule has 0 saturated carbocycles. The zero-order chi connectivity index (χ0) is 13.1. The van der Waals surface area contributed by atoms with E-state index in [1.165, 1.54) is 0 Å². The average Bonchev–Trinajstić information content (AvgIpc) is 2.19. The van der Waals surface area contributed by atoms with Gasteiger partial charge in [0.25, 0.3) is 6.47 Å². The lowest BCUT2D eigenvalue weighted by Gasteiger charge is -2.09. The first kappa shape index (κ1) is 13.3. The molecule has 94 valence electrons. The van der Waals surface area contributed by atoms with Crippen molar-refractivity contribution in [2.75, 3.05) is 0 Å². The Labute approximate surface area is 93.9 Å². The van der Waals surface area contributed by atoms with Gasteiger partial charge < -0.3 is 8.92 Å². The number of benzene rings is 1. The highest BCUT2D eigenvalue weighted by atomic mass is 32.2. The number of hydrogen-bond donors (Lipinski definition) is 0. The van der Waals surface area contributed by atoms with Crippen molar-refractivity contribution in [1.29, 1.82) is 0 Å². The van der Waals surface area contributed by atoms with Gasteiger partial charge >= 0.3 is 15.6 Å². The molecule has 1 aromatic rings. The minimum Gasteiger partial charge on any atom is -0.429 e. The fourth-order valence-electron chi connectivity index (χ4n) is 0.803. The Morgan fingerprint density at radius 2 is 1.53 bits per heavy atom. The summed E-state index contributed by atoms with van der Waals surface area (Å²) in [5.41, 5.74) is -5.50. The zero-order valence-corrected chi connectivity index (χ0v) is 8.79. The maximum absolute atomic E-state index is 11.9. The van der Waals surface area contributed by atoms with Gasteiger partial charge in [0.2, 0.25) is 0 Å². The lowest BCUT2D eigenvalue weighted by Crippen LogP contribution is -2.27. The quantitative estimate of drug-likeness (QED) is 0.470. The Hall–Kier alpha value is -1.77. The first-order valence-electron chi connectivity index (χ1n) is 3.97. The van der Waals surface area contributed by atoms with Gasteiger partial charge in [0, 0.05) is 0 Å². The van der Waals surface area contributed by atoms with Crippen LogP contribution in [-0.2, 0) is 14.9 Å². The number of carbonyl (C=O) groups excluding carboxylic acids is 1. The van der Waals surface area contributed by atoms with Crippen LogP contribution in [0, 0.1) is 0 Å². The van der Waals surface area contributed by atoms with Gasteiger partial charge in [-0.15, -0.1) is 0 Å². The SMILES string of the molecule is O=COc1ccc(OS(=O)(=O)C(F)(F)F)cc1. The van der Waals surface area contributed by atoms with E-state index in [4.69, 9.17) is 0 Å². The first-order chi connectivity index (χ1) is 7.76. The molecule has 0 aliphatic carbocycles. The van der Waals surface area contributed by atoms with Crippen LogP contribution in [0.2, 0.25) is 0 Å². The van der Waals surface area contributed by atoms with Gasteiger partial charge in [0.05, 0.1) is 0 Å². The third-order valence-corrected chi connectivity index (χ3v) is 2.48. The monoisotopic (exact) mass is 270 g/mol. The summed E-state index contributed by atoms with van der Waals surface area (Å²) in [7, 11) is -5.69. The summed E-state index contributed by atoms with van der Waals surface area (Å²) in [6.07, 6.45) is 0. The highest BCUT2D eigenvalue weighted by Crippen LogP contribution is 2.27. The molecule has 0 bridgehead atoms. The van der Waals surface area contributed by atoms with Crippen LogP contribution in [0.4, 0.5) is 13.2 Å². The number of carbonyl (C=O) groups is 1. The molecule has 0 atom stereocenters. The number of rotatable bonds is 4. The second kappa shape index (κ2) is 4.62. The van der Waals surface area contributed by atoms with Crippen LogP contribution in [0.25, 0.3) is 0 Å². The van der Waals surface area contributed by atoms with Gasteiger partial charge in [0.1, 0.15) is 11.5 Å². The normalized spacial score (nSPS) is 11.9. The molecule has 1 aromatic carbocycles. The fourth-order valence-corrected chi connectivity index (χ4v) is 1.26. The van der Waals surface area contributed by atoms with E-state index in [1.807, 2.05) is 0 Å². The van der Waals surface area contributed by atoms with E-state index in [0.717, 1.165) is 24.3 Å². The predicted molar refractivity (Wildman–Crippen MR) is 48.7 cm³/mol. The Morgan fingerprint density at radius 3 is 1.94 bits per heavy atom. The predicted octanol–water partition coefficient (Wildman–Crippen LogP) is 1.45. The topological polar surface area (TPSA) is 69.7 Å². The van der Waals surface area contributed by atoms with Crippen LogP contribution in [0.5, 0.6) is 11.5 Å². The van der Waals surface area contributed by atoms with Crippen molar-refractivity contribution in [2.45, 2.75) is 5.51 Å². The molecule has 0 amide bonds. The van der Waals surface area contributed by atoms with Crippen LogP contribution in [0.15, 0.2) is 24.3 Å². The van der Waals surface area contributed by atoms with Crippen LogP contribution in [0.1, 0.15) is 0 Å². The molecule has 1 rings (SSSR count). The summed E-state index contributed by atoms with van der Waals surface area (Å²) < 4.78 is 65.2. The van der Waals surface area contributed by atoms with Gasteiger partial charge in [0.15, 0.2) is 0 Å². The lowest BCUT2D eigenvalue weighted by molar-refractivity contribution is -0.120. The molecule has 0 heterocycles. The molecule has 0 aliphatic heterocycles. The minimum absolute atomic E-state index is 0.0387. The van der Waals surface area contributed by atoms with E-state index in [9.17, 15) is 26.4 Å². The molecule has 0 N–H and O–H groups in total. The molecule has 0 unspecified atom stereocenters. The summed E-state index contributed by atoms with van der Waals surface area (Å²) >= 11 is 0. The van der Waals surface area contributed by atoms with Crippen LogP contribution < -0.4 is 8.92 Å². The molecule has 0 radical (unpaired) electrons. The van der Waals surface area contributed by atoms with Gasteiger partial charge in [-0.1, -0.05) is 0 Å². The molecule has 5 nitrogen and oxygen atoms in total. The van der Waals surface area contributed by atoms with E-state index in [2.05, 4.69) is 8.92 Å². The van der Waals surface area contributed by atoms with Crippen molar-refractivity contribution in [1.82, 2.24) is 0 Å². The van der Waals surface area contributed by atoms with Crippen LogP contribution in [0.3, 0.4) is 0 Å². The number of halogens is 3. The highest BCUT2D eigenvalue weighted by molar-refractivity contribution is 7.87. The molecular formula is C8H5F3O5S. The molecule has 0 spiro atoms. The molecule has 9 heteroatoms. The fraction of sp³-hybridized carbons (Fsp3) is 0.125. The standard InChI is InChI=1S/C8H5F3O5S/c9-8(10,11)17(13,14)16-7-3-1-6(2-4-7)15-5-12/h1-5H. The Kier molecular flexibility index (Phi) is 3.61. The van der Waals surface area contributed by atoms with Crippen molar-refractivity contribution < 1.29 is 35.3 Å². The van der Waals surface area contributed by atoms with Crippen molar-refractivity contribution in [3.63, 3.8) is 0 Å². The smallest absolute Gasteiger partial charge is 0.429 e. The summed E-state index contributed by atoms with van der Waals surface area (Å²) in [4.78, 5) is 9.92. The molecule has 0 aliphatic rings. The summed E-state index contributed by atoms with van der Waals surface area (Å²) in [5.74, 6) is -0.502. The lowest BCUT2D eigenvalue weighted by atomic mass is 10.3. The Balaban J connectivity index is 2.87. The third-order valence-electron chi connectivity index (χ3n) is 1.50. The Bertz CT molecular complexity index is 491. The zero-order valence-electron chi connectivity index (χ0n) is 7.97. The molecular weight excluding hydrogens is 265 g/mol. The second-order valence-corrected chi connectivity index (χ2v) is 4.21. The number of ether oxygens (including phenoxy) is 1. The summed E-state index contributed by atoms with van der Waals surface area (Å²) in [6, 6.07) is 4.00. The first-order valence-corrected chi connectivity index (χ1v) is 5.38. The number of alkyl halides is 3. The molecule has 0 saturated heterocycles. The highest BCUT2D eigenvalue weighted by Gasteiger charge is 2.48. The van der Waals surface area contributed by atoms with Crippen LogP contribution in [-0.4, -0.2) is 20.4 Å². The van der Waals surface area contributed by atoms with Crippen LogP contribution >= 0.6 is 0 Å². The van der Waals surface area contributed by atoms with Crippen molar-refractivity contribution >= 4 is 16.6 Å². The second-order valence-electron chi connectivity index (χ2n) is 2.67. The van der Waals surface area contributed by atoms with Gasteiger partial charge in [-0.2, -0.15) is 21.6 Å². The Morgan fingerprint density at radius 1 is 1.06 bits per heavy atom. The van der Waals surface area contributed by atoms with E-state index < -0.39 is 21.4 Å². The third kappa shape index (κ3) is 3.34. The summed E-state index contributed by atoms with van der Waals surface area (Å²) in [5, 5.41) is 0. The van der Waals surface area contributed by atoms with E-state index >= 15 is 0 Å². The molecule has 0 fully saturated rings. The number of hydrogen-bond acceptors (Lipinski definition) is 5. The minimum atomic E-state index is -5.69. The average molecular weight is 270 g/mol. The molecule has 0 aromatic heterocycles. The maximum Gasteiger partial charge on any atom is 0.534 e. The van der Waals surface area contributed by atoms with E-state index in [-0.39, 0.29) is 12.2 Å². The summed E-state index contributed by atoms with van der Waals surface area (Å²) in [6.45, 7) is 0.113. The van der Waals surface area contributed by atoms with Gasteiger partial charge in [-0.05, 0) is 24.3 Å². The van der Waals surface area contributed by atoms with Gasteiger partial charge in [-0.25, -0.2) is 0 Å². The molecule has 17 heavy (non-hydrogen) atoms. The van der Waals surface area contributed by atoms with Gasteiger partial charge in [-0.3, -0.25) is 4.79 Å². The van der Waals surface area contributed by atoms with Crippen molar-refractivity contribution in [2.24, 2.45) is 0 Å². The largest absolute Gasteiger partial charge is 0.534 e. The maximum atomic E-state index is 11.9. The van der Waals surface area contributed by atoms with E-state index in [0.29, 0.717) is 0 Å². The van der Waals surface area contributed by atoms with Crippen molar-refractivity contribution in [3.8, 4) is 11.5 Å². The van der Waals surface area contributed by atoms with Crippen molar-refractivity contribution in [3.05, 3.63) is 24.3 Å².